The molecule has 3 N–H and O–H groups in total. The maximum atomic E-state index is 14.1. The molecular weight excluding hydrogens is 332 g/mol. The zero-order chi connectivity index (χ0) is 18.2. The van der Waals surface area contributed by atoms with E-state index in [1.807, 2.05) is 0 Å². The van der Waals surface area contributed by atoms with Gasteiger partial charge < -0.3 is 15.4 Å². The summed E-state index contributed by atoms with van der Waals surface area (Å²) in [6, 6.07) is 7.37. The molecule has 0 aliphatic heterocycles. The van der Waals surface area contributed by atoms with Crippen molar-refractivity contribution >= 4 is 11.6 Å². The number of anilines is 1. The summed E-state index contributed by atoms with van der Waals surface area (Å²) in [5.74, 6) is -5.17. The predicted octanol–water partition coefficient (Wildman–Crippen LogP) is 2.23. The molecule has 1 aliphatic rings. The van der Waals surface area contributed by atoms with Crippen LogP contribution in [-0.4, -0.2) is 32.5 Å². The van der Waals surface area contributed by atoms with Gasteiger partial charge in [0.15, 0.2) is 0 Å². The highest BCUT2D eigenvalue weighted by Gasteiger charge is 2.61. The number of hydrogen-bond acceptors (Lipinski definition) is 4. The minimum Gasteiger partial charge on any atom is -0.383 e. The van der Waals surface area contributed by atoms with E-state index in [0.29, 0.717) is 17.7 Å². The van der Waals surface area contributed by atoms with Crippen LogP contribution in [0, 0.1) is 6.92 Å². The van der Waals surface area contributed by atoms with Crippen LogP contribution in [0.25, 0.3) is 11.4 Å². The zero-order valence-electron chi connectivity index (χ0n) is 13.5. The summed E-state index contributed by atoms with van der Waals surface area (Å²) in [7, 11) is 0. The predicted molar refractivity (Wildman–Crippen MR) is 87.4 cm³/mol. The Morgan fingerprint density at radius 3 is 2.68 bits per heavy atom. The zero-order valence-corrected chi connectivity index (χ0v) is 13.5. The second-order valence-corrected chi connectivity index (χ2v) is 6.23. The Morgan fingerprint density at radius 2 is 2.08 bits per heavy atom. The number of hydrogen-bond donors (Lipinski definition) is 3. The number of alkyl halides is 2. The van der Waals surface area contributed by atoms with Crippen molar-refractivity contribution in [2.24, 2.45) is 0 Å². The minimum atomic E-state index is -3.88. The molecule has 0 atom stereocenters. The van der Waals surface area contributed by atoms with E-state index >= 15 is 0 Å². The SMILES string of the molecule is Cc1cc(=O)[nH]c(-c2cccc(NC(=O)C(F)(F)C3(O)CCC3)c2)n1. The lowest BCUT2D eigenvalue weighted by Crippen LogP contribution is -2.59. The van der Waals surface area contributed by atoms with Gasteiger partial charge in [-0.05, 0) is 38.3 Å². The second-order valence-electron chi connectivity index (χ2n) is 6.23. The summed E-state index contributed by atoms with van der Waals surface area (Å²) < 4.78 is 28.3. The average Bonchev–Trinajstić information content (AvgIpc) is 2.51. The number of carbonyl (C=O) groups is 1. The molecule has 0 spiro atoms. The summed E-state index contributed by atoms with van der Waals surface area (Å²) in [4.78, 5) is 30.2. The Hall–Kier alpha value is -2.61. The highest BCUT2D eigenvalue weighted by atomic mass is 19.3. The van der Waals surface area contributed by atoms with Crippen molar-refractivity contribution in [1.29, 1.82) is 0 Å². The molecular formula is C17H17F2N3O3. The second kappa shape index (κ2) is 6.03. The van der Waals surface area contributed by atoms with Crippen molar-refractivity contribution < 1.29 is 18.7 Å². The normalized spacial score (nSPS) is 16.2. The summed E-state index contributed by atoms with van der Waals surface area (Å²) in [6.45, 7) is 1.66. The van der Waals surface area contributed by atoms with Gasteiger partial charge in [0.05, 0.1) is 0 Å². The highest BCUT2D eigenvalue weighted by Crippen LogP contribution is 2.44. The smallest absolute Gasteiger partial charge is 0.352 e. The van der Waals surface area contributed by atoms with E-state index in [-0.39, 0.29) is 29.9 Å². The number of aliphatic hydroxyl groups is 1. The van der Waals surface area contributed by atoms with E-state index in [9.17, 15) is 23.5 Å². The third-order valence-electron chi connectivity index (χ3n) is 4.31. The van der Waals surface area contributed by atoms with Gasteiger partial charge >= 0.3 is 5.92 Å². The molecule has 1 fully saturated rings. The Bertz CT molecular complexity index is 875. The van der Waals surface area contributed by atoms with Gasteiger partial charge in [-0.3, -0.25) is 9.59 Å². The Kier molecular flexibility index (Phi) is 4.16. The van der Waals surface area contributed by atoms with Crippen LogP contribution in [-0.2, 0) is 4.79 Å². The summed E-state index contributed by atoms with van der Waals surface area (Å²) in [5.41, 5.74) is -1.53. The number of amides is 1. The van der Waals surface area contributed by atoms with E-state index < -0.39 is 17.4 Å². The van der Waals surface area contributed by atoms with Crippen LogP contribution < -0.4 is 10.9 Å². The number of rotatable bonds is 4. The lowest BCUT2D eigenvalue weighted by atomic mass is 9.75. The van der Waals surface area contributed by atoms with Gasteiger partial charge in [0.1, 0.15) is 11.4 Å². The molecule has 1 aromatic heterocycles. The van der Waals surface area contributed by atoms with Gasteiger partial charge in [0.25, 0.3) is 11.5 Å². The molecule has 3 rings (SSSR count). The fourth-order valence-corrected chi connectivity index (χ4v) is 2.71. The van der Waals surface area contributed by atoms with Gasteiger partial charge in [0, 0.05) is 23.0 Å². The molecule has 1 amide bonds. The number of carbonyl (C=O) groups excluding carboxylic acids is 1. The molecule has 132 valence electrons. The maximum absolute atomic E-state index is 14.1. The lowest BCUT2D eigenvalue weighted by molar-refractivity contribution is -0.212. The molecule has 1 saturated carbocycles. The molecule has 25 heavy (non-hydrogen) atoms. The molecule has 0 unspecified atom stereocenters. The number of nitrogens with zero attached hydrogens (tertiary/aromatic N) is 1. The third kappa shape index (κ3) is 3.17. The van der Waals surface area contributed by atoms with Gasteiger partial charge in [-0.1, -0.05) is 12.1 Å². The number of H-pyrrole nitrogens is 1. The number of nitrogens with one attached hydrogen (secondary N) is 2. The summed E-state index contributed by atoms with van der Waals surface area (Å²) in [6.07, 6.45) is 0.241. The molecule has 2 aromatic rings. The van der Waals surface area contributed by atoms with Gasteiger partial charge in [-0.25, -0.2) is 4.98 Å². The first kappa shape index (κ1) is 17.2. The van der Waals surface area contributed by atoms with Crippen LogP contribution in [0.2, 0.25) is 0 Å². The first-order chi connectivity index (χ1) is 11.7. The van der Waals surface area contributed by atoms with Crippen LogP contribution in [0.15, 0.2) is 35.1 Å². The lowest BCUT2D eigenvalue weighted by Gasteiger charge is -2.41. The molecule has 1 aliphatic carbocycles. The van der Waals surface area contributed by atoms with Crippen LogP contribution >= 0.6 is 0 Å². The monoisotopic (exact) mass is 349 g/mol. The Labute approximate surface area is 141 Å². The molecule has 0 bridgehead atoms. The maximum Gasteiger partial charge on any atom is 0.352 e. The topological polar surface area (TPSA) is 95.1 Å². The number of aryl methyl sites for hydroxylation is 1. The number of benzene rings is 1. The van der Waals surface area contributed by atoms with Gasteiger partial charge in [0.2, 0.25) is 0 Å². The van der Waals surface area contributed by atoms with Crippen LogP contribution in [0.5, 0.6) is 0 Å². The Balaban J connectivity index is 1.84. The van der Waals surface area contributed by atoms with Crippen LogP contribution in [0.3, 0.4) is 0 Å². The third-order valence-corrected chi connectivity index (χ3v) is 4.31. The van der Waals surface area contributed by atoms with Crippen molar-refractivity contribution in [3.63, 3.8) is 0 Å². The number of halogens is 2. The van der Waals surface area contributed by atoms with Gasteiger partial charge in [-0.2, -0.15) is 8.78 Å². The molecule has 0 radical (unpaired) electrons. The summed E-state index contributed by atoms with van der Waals surface area (Å²) >= 11 is 0. The first-order valence-corrected chi connectivity index (χ1v) is 7.81. The van der Waals surface area contributed by atoms with E-state index in [1.165, 1.54) is 18.2 Å². The van der Waals surface area contributed by atoms with E-state index in [2.05, 4.69) is 15.3 Å². The van der Waals surface area contributed by atoms with Crippen molar-refractivity contribution in [3.8, 4) is 11.4 Å². The number of aromatic nitrogens is 2. The Morgan fingerprint density at radius 1 is 1.36 bits per heavy atom. The highest BCUT2D eigenvalue weighted by molar-refractivity contribution is 5.97. The fraction of sp³-hybridized carbons (Fsp3) is 0.353. The molecule has 6 nitrogen and oxygen atoms in total. The van der Waals surface area contributed by atoms with Crippen molar-refractivity contribution in [2.45, 2.75) is 37.7 Å². The van der Waals surface area contributed by atoms with Crippen molar-refractivity contribution in [1.82, 2.24) is 9.97 Å². The standard InChI is InChI=1S/C17H17F2N3O3/c1-10-8-13(23)22-14(20-10)11-4-2-5-12(9-11)21-15(24)17(18,19)16(25)6-3-7-16/h2,4-5,8-9,25H,3,6-7H2,1H3,(H,21,24)(H,20,22,23). The number of aromatic amines is 1. The first-order valence-electron chi connectivity index (χ1n) is 7.81. The van der Waals surface area contributed by atoms with Crippen LogP contribution in [0.1, 0.15) is 25.0 Å². The van der Waals surface area contributed by atoms with Gasteiger partial charge in [-0.15, -0.1) is 0 Å². The quantitative estimate of drug-likeness (QED) is 0.789. The molecule has 1 heterocycles. The van der Waals surface area contributed by atoms with Crippen LogP contribution in [0.4, 0.5) is 14.5 Å². The van der Waals surface area contributed by atoms with Crippen molar-refractivity contribution in [2.75, 3.05) is 5.32 Å². The minimum absolute atomic E-state index is 0.109. The summed E-state index contributed by atoms with van der Waals surface area (Å²) in [5, 5.41) is 11.9. The van der Waals surface area contributed by atoms with E-state index in [4.69, 9.17) is 0 Å². The molecule has 0 saturated heterocycles. The van der Waals surface area contributed by atoms with E-state index in [0.717, 1.165) is 0 Å². The molecule has 8 heteroatoms. The average molecular weight is 349 g/mol. The fourth-order valence-electron chi connectivity index (χ4n) is 2.71. The molecule has 1 aromatic carbocycles. The van der Waals surface area contributed by atoms with E-state index in [1.54, 1.807) is 19.1 Å². The largest absolute Gasteiger partial charge is 0.383 e. The van der Waals surface area contributed by atoms with Crippen molar-refractivity contribution in [3.05, 3.63) is 46.4 Å².